The molecule has 0 spiro atoms. The van der Waals surface area contributed by atoms with E-state index in [1.54, 1.807) is 36.4 Å². The van der Waals surface area contributed by atoms with Gasteiger partial charge in [-0.25, -0.2) is 13.9 Å². The first-order chi connectivity index (χ1) is 13.1. The van der Waals surface area contributed by atoms with E-state index in [9.17, 15) is 9.18 Å². The number of rotatable bonds is 3. The van der Waals surface area contributed by atoms with E-state index >= 15 is 0 Å². The molecule has 0 atom stereocenters. The maximum atomic E-state index is 13.3. The third-order valence-corrected chi connectivity index (χ3v) is 4.09. The van der Waals surface area contributed by atoms with Gasteiger partial charge in [0.15, 0.2) is 5.82 Å². The molecular formula is C20H21ClFN5O. The highest BCUT2D eigenvalue weighted by Crippen LogP contribution is 2.34. The molecule has 28 heavy (non-hydrogen) atoms. The van der Waals surface area contributed by atoms with Gasteiger partial charge in [0.05, 0.1) is 5.69 Å². The van der Waals surface area contributed by atoms with Crippen LogP contribution in [0.2, 0.25) is 5.02 Å². The molecule has 0 bridgehead atoms. The van der Waals surface area contributed by atoms with Crippen LogP contribution in [-0.4, -0.2) is 21.4 Å². The van der Waals surface area contributed by atoms with Crippen molar-refractivity contribution >= 4 is 29.1 Å². The average molecular weight is 402 g/mol. The van der Waals surface area contributed by atoms with E-state index in [1.807, 2.05) is 20.8 Å². The molecule has 3 aromatic rings. The topological polar surface area (TPSA) is 85.0 Å². The van der Waals surface area contributed by atoms with Crippen molar-refractivity contribution in [3.8, 4) is 16.9 Å². The quantitative estimate of drug-likeness (QED) is 0.587. The molecule has 2 aromatic carbocycles. The van der Waals surface area contributed by atoms with Gasteiger partial charge in [0.2, 0.25) is 0 Å². The summed E-state index contributed by atoms with van der Waals surface area (Å²) in [6, 6.07) is 12.4. The fourth-order valence-electron chi connectivity index (χ4n) is 2.63. The molecule has 0 aliphatic heterocycles. The summed E-state index contributed by atoms with van der Waals surface area (Å²) >= 11 is 5.98. The van der Waals surface area contributed by atoms with Gasteiger partial charge < -0.3 is 16.4 Å². The van der Waals surface area contributed by atoms with Gasteiger partial charge in [-0.1, -0.05) is 23.7 Å². The minimum absolute atomic E-state index is 0.223. The van der Waals surface area contributed by atoms with Crippen molar-refractivity contribution in [3.63, 3.8) is 0 Å². The van der Waals surface area contributed by atoms with E-state index < -0.39 is 11.6 Å². The normalized spacial score (nSPS) is 11.3. The number of benzene rings is 2. The standard InChI is InChI=1S/C20H21ClFN5O/c1-20(2,3)25-19(28)24-17-16(12-4-6-13(21)7-5-12)26-27(18(17)23)15-10-8-14(22)9-11-15/h4-11H,23H2,1-3H3,(H2,24,25,28). The largest absolute Gasteiger partial charge is 0.382 e. The van der Waals surface area contributed by atoms with Gasteiger partial charge in [-0.15, -0.1) is 0 Å². The maximum absolute atomic E-state index is 13.3. The summed E-state index contributed by atoms with van der Waals surface area (Å²) < 4.78 is 14.7. The molecule has 1 aromatic heterocycles. The number of amides is 2. The summed E-state index contributed by atoms with van der Waals surface area (Å²) in [4.78, 5) is 12.4. The summed E-state index contributed by atoms with van der Waals surface area (Å²) in [5.41, 5.74) is 7.99. The zero-order chi connectivity index (χ0) is 20.5. The highest BCUT2D eigenvalue weighted by atomic mass is 35.5. The molecule has 1 heterocycles. The van der Waals surface area contributed by atoms with Gasteiger partial charge in [-0.05, 0) is 57.2 Å². The number of hydrogen-bond acceptors (Lipinski definition) is 3. The molecule has 0 aliphatic carbocycles. The van der Waals surface area contributed by atoms with Crippen LogP contribution in [0.15, 0.2) is 48.5 Å². The lowest BCUT2D eigenvalue weighted by Crippen LogP contribution is -2.43. The van der Waals surface area contributed by atoms with Crippen LogP contribution in [0.3, 0.4) is 0 Å². The second kappa shape index (κ2) is 7.52. The lowest BCUT2D eigenvalue weighted by atomic mass is 10.1. The summed E-state index contributed by atoms with van der Waals surface area (Å²) in [6.45, 7) is 5.62. The number of carbonyl (C=O) groups is 1. The number of halogens is 2. The highest BCUT2D eigenvalue weighted by Gasteiger charge is 2.22. The predicted octanol–water partition coefficient (Wildman–Crippen LogP) is 4.83. The fraction of sp³-hybridized carbons (Fsp3) is 0.200. The van der Waals surface area contributed by atoms with E-state index in [1.165, 1.54) is 16.8 Å². The van der Waals surface area contributed by atoms with E-state index in [0.29, 0.717) is 22.1 Å². The van der Waals surface area contributed by atoms with Gasteiger partial charge in [-0.2, -0.15) is 5.10 Å². The van der Waals surface area contributed by atoms with Crippen LogP contribution in [0.25, 0.3) is 16.9 Å². The van der Waals surface area contributed by atoms with E-state index in [0.717, 1.165) is 5.56 Å². The molecule has 2 amide bonds. The first-order valence-electron chi connectivity index (χ1n) is 8.63. The Morgan fingerprint density at radius 2 is 1.71 bits per heavy atom. The number of nitrogens with one attached hydrogen (secondary N) is 2. The predicted molar refractivity (Wildman–Crippen MR) is 110 cm³/mol. The third kappa shape index (κ3) is 4.43. The highest BCUT2D eigenvalue weighted by molar-refractivity contribution is 6.30. The molecular weight excluding hydrogens is 381 g/mol. The minimum atomic E-state index is -0.424. The van der Waals surface area contributed by atoms with Crippen molar-refractivity contribution in [2.75, 3.05) is 11.1 Å². The van der Waals surface area contributed by atoms with Gasteiger partial charge in [0, 0.05) is 16.1 Å². The van der Waals surface area contributed by atoms with Gasteiger partial charge in [0.1, 0.15) is 17.2 Å². The van der Waals surface area contributed by atoms with Crippen LogP contribution in [0.4, 0.5) is 20.7 Å². The Balaban J connectivity index is 2.08. The number of aromatic nitrogens is 2. The number of urea groups is 1. The van der Waals surface area contributed by atoms with Crippen LogP contribution in [0.5, 0.6) is 0 Å². The zero-order valence-electron chi connectivity index (χ0n) is 15.8. The monoisotopic (exact) mass is 401 g/mol. The Bertz CT molecular complexity index is 991. The lowest BCUT2D eigenvalue weighted by molar-refractivity contribution is 0.244. The summed E-state index contributed by atoms with van der Waals surface area (Å²) in [5, 5.41) is 10.7. The molecule has 0 unspecified atom stereocenters. The van der Waals surface area contributed by atoms with Crippen LogP contribution >= 0.6 is 11.6 Å². The summed E-state index contributed by atoms with van der Waals surface area (Å²) in [7, 11) is 0. The van der Waals surface area contributed by atoms with Crippen molar-refractivity contribution in [1.29, 1.82) is 0 Å². The number of nitrogens with zero attached hydrogens (tertiary/aromatic N) is 2. The summed E-state index contributed by atoms with van der Waals surface area (Å²) in [5.74, 6) is -0.143. The number of anilines is 2. The number of carbonyl (C=O) groups excluding carboxylic acids is 1. The van der Waals surface area contributed by atoms with Crippen LogP contribution < -0.4 is 16.4 Å². The van der Waals surface area contributed by atoms with Gasteiger partial charge in [-0.3, -0.25) is 0 Å². The number of nitrogens with two attached hydrogens (primary N) is 1. The van der Waals surface area contributed by atoms with Gasteiger partial charge >= 0.3 is 6.03 Å². The molecule has 8 heteroatoms. The molecule has 3 rings (SSSR count). The second-order valence-corrected chi connectivity index (χ2v) is 7.77. The Morgan fingerprint density at radius 3 is 2.29 bits per heavy atom. The minimum Gasteiger partial charge on any atom is -0.382 e. The fourth-order valence-corrected chi connectivity index (χ4v) is 2.75. The first-order valence-corrected chi connectivity index (χ1v) is 9.01. The van der Waals surface area contributed by atoms with E-state index in [2.05, 4.69) is 15.7 Å². The zero-order valence-corrected chi connectivity index (χ0v) is 16.5. The second-order valence-electron chi connectivity index (χ2n) is 7.33. The molecule has 146 valence electrons. The maximum Gasteiger partial charge on any atom is 0.319 e. The Kier molecular flexibility index (Phi) is 5.29. The van der Waals surface area contributed by atoms with Crippen molar-refractivity contribution in [2.24, 2.45) is 0 Å². The van der Waals surface area contributed by atoms with Gasteiger partial charge in [0.25, 0.3) is 0 Å². The SMILES string of the molecule is CC(C)(C)NC(=O)Nc1c(-c2ccc(Cl)cc2)nn(-c2ccc(F)cc2)c1N. The van der Waals surface area contributed by atoms with Crippen molar-refractivity contribution in [3.05, 3.63) is 59.4 Å². The van der Waals surface area contributed by atoms with E-state index in [4.69, 9.17) is 17.3 Å². The molecule has 0 saturated carbocycles. The van der Waals surface area contributed by atoms with Crippen LogP contribution in [0, 0.1) is 5.82 Å². The summed E-state index contributed by atoms with van der Waals surface area (Å²) in [6.07, 6.45) is 0. The van der Waals surface area contributed by atoms with Crippen LogP contribution in [0.1, 0.15) is 20.8 Å². The van der Waals surface area contributed by atoms with E-state index in [-0.39, 0.29) is 11.6 Å². The molecule has 0 fully saturated rings. The van der Waals surface area contributed by atoms with Crippen molar-refractivity contribution in [2.45, 2.75) is 26.3 Å². The average Bonchev–Trinajstić information content (AvgIpc) is 2.91. The smallest absolute Gasteiger partial charge is 0.319 e. The number of hydrogen-bond donors (Lipinski definition) is 3. The lowest BCUT2D eigenvalue weighted by Gasteiger charge is -2.20. The molecule has 0 saturated heterocycles. The molecule has 6 nitrogen and oxygen atoms in total. The number of nitrogen functional groups attached to an aromatic ring is 1. The molecule has 4 N–H and O–H groups in total. The third-order valence-electron chi connectivity index (χ3n) is 3.84. The van der Waals surface area contributed by atoms with Crippen molar-refractivity contribution in [1.82, 2.24) is 15.1 Å². The Labute approximate surface area is 167 Å². The Morgan fingerprint density at radius 1 is 1.11 bits per heavy atom. The first kappa shape index (κ1) is 19.7. The van der Waals surface area contributed by atoms with Crippen molar-refractivity contribution < 1.29 is 9.18 Å². The van der Waals surface area contributed by atoms with Crippen LogP contribution in [-0.2, 0) is 0 Å². The molecule has 0 aliphatic rings. The Hall–Kier alpha value is -3.06. The molecule has 0 radical (unpaired) electrons.